The van der Waals surface area contributed by atoms with Gasteiger partial charge in [0.1, 0.15) is 35.4 Å². The fraction of sp³-hybridized carbons (Fsp3) is 0.0606. The molecule has 3 aromatic carbocycles. The molecule has 7 nitrogen and oxygen atoms in total. The van der Waals surface area contributed by atoms with E-state index >= 15 is 0 Å². The van der Waals surface area contributed by atoms with Gasteiger partial charge >= 0.3 is 12.4 Å². The predicted octanol–water partition coefficient (Wildman–Crippen LogP) is 7.87. The van der Waals surface area contributed by atoms with Crippen molar-refractivity contribution in [3.63, 3.8) is 0 Å². The number of aromatic nitrogens is 3. The van der Waals surface area contributed by atoms with Crippen LogP contribution in [0.4, 0.5) is 26.3 Å². The van der Waals surface area contributed by atoms with Gasteiger partial charge in [0.25, 0.3) is 0 Å². The van der Waals surface area contributed by atoms with E-state index < -0.39 is 34.6 Å². The first-order chi connectivity index (χ1) is 21.9. The van der Waals surface area contributed by atoms with Crippen molar-refractivity contribution in [2.24, 2.45) is 0 Å². The minimum Gasteiger partial charge on any atom is -0.247 e. The van der Waals surface area contributed by atoms with E-state index in [1.54, 1.807) is 36.4 Å². The maximum absolute atomic E-state index is 13.6. The molecule has 0 unspecified atom stereocenters. The van der Waals surface area contributed by atoms with Crippen LogP contribution in [0.25, 0.3) is 55.5 Å². The van der Waals surface area contributed by atoms with Crippen LogP contribution in [0.15, 0.2) is 65.7 Å². The first kappa shape index (κ1) is 28.2. The lowest BCUT2D eigenvalue weighted by molar-refractivity contribution is -0.138. The molecule has 0 amide bonds. The predicted molar refractivity (Wildman–Crippen MR) is 150 cm³/mol. The second-order valence-corrected chi connectivity index (χ2v) is 10.3. The Morgan fingerprint density at radius 2 is 0.957 bits per heavy atom. The zero-order valence-electron chi connectivity index (χ0n) is 22.6. The lowest BCUT2D eigenvalue weighted by atomic mass is 9.99. The van der Waals surface area contributed by atoms with Gasteiger partial charge in [-0.1, -0.05) is 12.1 Å². The second-order valence-electron chi connectivity index (χ2n) is 10.3. The Kier molecular flexibility index (Phi) is 5.80. The van der Waals surface area contributed by atoms with Crippen molar-refractivity contribution in [3.8, 4) is 46.7 Å². The summed E-state index contributed by atoms with van der Waals surface area (Å²) in [4.78, 5) is 13.9. The molecule has 0 atom stereocenters. The van der Waals surface area contributed by atoms with Crippen molar-refractivity contribution in [3.05, 3.63) is 99.4 Å². The van der Waals surface area contributed by atoms with E-state index in [4.69, 9.17) is 0 Å². The molecule has 2 aromatic heterocycles. The van der Waals surface area contributed by atoms with Crippen molar-refractivity contribution < 1.29 is 26.3 Å². The summed E-state index contributed by atoms with van der Waals surface area (Å²) < 4.78 is 81.5. The van der Waals surface area contributed by atoms with Crippen LogP contribution in [0.5, 0.6) is 0 Å². The molecule has 218 valence electrons. The number of nitrogens with zero attached hydrogens (tertiary/aromatic N) is 7. The van der Waals surface area contributed by atoms with Crippen LogP contribution < -0.4 is 0 Å². The molecule has 46 heavy (non-hydrogen) atoms. The number of pyridine rings is 1. The van der Waals surface area contributed by atoms with Crippen LogP contribution in [0, 0.1) is 45.3 Å². The zero-order valence-corrected chi connectivity index (χ0v) is 22.6. The van der Waals surface area contributed by atoms with Crippen molar-refractivity contribution in [1.82, 2.24) is 15.0 Å². The molecule has 0 fully saturated rings. The maximum atomic E-state index is 13.6. The van der Waals surface area contributed by atoms with Gasteiger partial charge < -0.3 is 0 Å². The average molecular weight is 617 g/mol. The highest BCUT2D eigenvalue weighted by Gasteiger charge is 2.37. The highest BCUT2D eigenvalue weighted by molar-refractivity contribution is 6.08. The SMILES string of the molecule is N#CC(C#N)=C1c2cc(C(F)(F)F)ccc2-c2cc3cc4nc5c(nc4cc3nc21)-c1ccc(C(F)(F)F)cc1C5=C(C#N)C#N. The molecule has 2 aliphatic rings. The number of halogens is 6. The normalized spacial score (nSPS) is 12.8. The first-order valence-electron chi connectivity index (χ1n) is 13.1. The molecular formula is C33H9F6N7. The standard InChI is InChI=1S/C33H9F6N7/c34-32(35,36)17-1-3-19-21(7-17)27(15(10-40)11-41)29-23(19)5-14-6-25-26(9-24(14)44-29)45-30-20-4-2-18(33(37,38)39)8-22(20)28(31(30)46-25)16(12-42)13-43/h1-9H. The summed E-state index contributed by atoms with van der Waals surface area (Å²) in [5.41, 5.74) is -0.990. The topological polar surface area (TPSA) is 134 Å². The average Bonchev–Trinajstić information content (AvgIpc) is 3.49. The third-order valence-corrected chi connectivity index (χ3v) is 7.80. The molecule has 2 heterocycles. The van der Waals surface area contributed by atoms with Gasteiger partial charge in [0.05, 0.1) is 44.8 Å². The summed E-state index contributed by atoms with van der Waals surface area (Å²) in [6, 6.07) is 17.5. The Balaban J connectivity index is 1.50. The first-order valence-corrected chi connectivity index (χ1v) is 13.1. The molecule has 2 aliphatic carbocycles. The minimum atomic E-state index is -4.69. The number of nitriles is 4. The minimum absolute atomic E-state index is 0.0231. The van der Waals surface area contributed by atoms with Gasteiger partial charge in [-0.15, -0.1) is 0 Å². The Labute approximate surface area is 253 Å². The van der Waals surface area contributed by atoms with Gasteiger partial charge in [-0.25, -0.2) is 15.0 Å². The van der Waals surface area contributed by atoms with Crippen molar-refractivity contribution in [2.75, 3.05) is 0 Å². The summed E-state index contributed by atoms with van der Waals surface area (Å²) in [6.07, 6.45) is -9.37. The summed E-state index contributed by atoms with van der Waals surface area (Å²) in [5.74, 6) is 0. The maximum Gasteiger partial charge on any atom is 0.416 e. The van der Waals surface area contributed by atoms with Crippen LogP contribution in [-0.2, 0) is 12.4 Å². The van der Waals surface area contributed by atoms with Gasteiger partial charge in [-0.3, -0.25) is 0 Å². The van der Waals surface area contributed by atoms with E-state index in [1.807, 2.05) is 0 Å². The molecule has 13 heteroatoms. The van der Waals surface area contributed by atoms with Gasteiger partial charge in [-0.2, -0.15) is 47.4 Å². The van der Waals surface area contributed by atoms with Crippen LogP contribution in [-0.4, -0.2) is 15.0 Å². The molecule has 0 radical (unpaired) electrons. The molecule has 0 N–H and O–H groups in total. The summed E-state index contributed by atoms with van der Waals surface area (Å²) in [7, 11) is 0. The zero-order chi connectivity index (χ0) is 32.7. The quantitative estimate of drug-likeness (QED) is 0.0960. The molecular weight excluding hydrogens is 608 g/mol. The van der Waals surface area contributed by atoms with Crippen LogP contribution in [0.1, 0.15) is 33.6 Å². The molecule has 0 spiro atoms. The van der Waals surface area contributed by atoms with Gasteiger partial charge in [0.2, 0.25) is 0 Å². The van der Waals surface area contributed by atoms with Crippen molar-refractivity contribution in [1.29, 1.82) is 21.0 Å². The Hall–Kier alpha value is -6.57. The fourth-order valence-corrected chi connectivity index (χ4v) is 5.81. The van der Waals surface area contributed by atoms with Crippen molar-refractivity contribution in [2.45, 2.75) is 12.4 Å². The van der Waals surface area contributed by atoms with E-state index in [0.29, 0.717) is 16.5 Å². The third kappa shape index (κ3) is 4.00. The summed E-state index contributed by atoms with van der Waals surface area (Å²) in [5, 5.41) is 39.0. The number of hydrogen-bond donors (Lipinski definition) is 0. The number of alkyl halides is 6. The summed E-state index contributed by atoms with van der Waals surface area (Å²) >= 11 is 0. The molecule has 0 saturated heterocycles. The molecule has 5 aromatic rings. The second kappa shape index (κ2) is 9.46. The van der Waals surface area contributed by atoms with E-state index in [9.17, 15) is 47.4 Å². The molecule has 0 bridgehead atoms. The van der Waals surface area contributed by atoms with Gasteiger partial charge in [0.15, 0.2) is 0 Å². The monoisotopic (exact) mass is 617 g/mol. The number of hydrogen-bond acceptors (Lipinski definition) is 7. The molecule has 0 aliphatic heterocycles. The number of benzene rings is 3. The Bertz CT molecular complexity index is 2290. The van der Waals surface area contributed by atoms with E-state index in [-0.39, 0.29) is 61.5 Å². The van der Waals surface area contributed by atoms with Crippen LogP contribution in [0.2, 0.25) is 0 Å². The highest BCUT2D eigenvalue weighted by atomic mass is 19.4. The number of rotatable bonds is 0. The van der Waals surface area contributed by atoms with Gasteiger partial charge in [-0.05, 0) is 59.2 Å². The Morgan fingerprint density at radius 3 is 1.52 bits per heavy atom. The Morgan fingerprint density at radius 1 is 0.478 bits per heavy atom. The highest BCUT2D eigenvalue weighted by Crippen LogP contribution is 2.49. The fourth-order valence-electron chi connectivity index (χ4n) is 5.81. The smallest absolute Gasteiger partial charge is 0.247 e. The molecule has 7 rings (SSSR count). The molecule has 0 saturated carbocycles. The van der Waals surface area contributed by atoms with Crippen molar-refractivity contribution >= 4 is 33.1 Å². The third-order valence-electron chi connectivity index (χ3n) is 7.80. The van der Waals surface area contributed by atoms with Crippen LogP contribution in [0.3, 0.4) is 0 Å². The number of allylic oxidation sites excluding steroid dienone is 2. The lowest BCUT2D eigenvalue weighted by Crippen LogP contribution is -2.05. The number of fused-ring (bicyclic) bond motifs is 8. The van der Waals surface area contributed by atoms with E-state index in [0.717, 1.165) is 24.3 Å². The lowest BCUT2D eigenvalue weighted by Gasteiger charge is -2.09. The van der Waals surface area contributed by atoms with Gasteiger partial charge in [0, 0.05) is 27.7 Å². The van der Waals surface area contributed by atoms with E-state index in [1.165, 1.54) is 18.2 Å². The largest absolute Gasteiger partial charge is 0.416 e. The van der Waals surface area contributed by atoms with Crippen LogP contribution >= 0.6 is 0 Å². The van der Waals surface area contributed by atoms with E-state index in [2.05, 4.69) is 15.0 Å². The summed E-state index contributed by atoms with van der Waals surface area (Å²) in [6.45, 7) is 0.